The summed E-state index contributed by atoms with van der Waals surface area (Å²) in [5.41, 5.74) is 2.12. The summed E-state index contributed by atoms with van der Waals surface area (Å²) >= 11 is 0. The zero-order valence-electron chi connectivity index (χ0n) is 14.0. The number of methoxy groups -OCH3 is 1. The number of nitrogens with zero attached hydrogens (tertiary/aromatic N) is 2. The standard InChI is InChI=1S/C19H20N2O3/c1-13(2)14-7-9-16(10-8-14)23-12-18-20-19(21-24-18)15-5-4-6-17(11-15)22-3/h4-11,13H,12H2,1-3H3. The molecular weight excluding hydrogens is 304 g/mol. The van der Waals surface area contributed by atoms with Gasteiger partial charge in [0, 0.05) is 5.56 Å². The molecule has 3 aromatic rings. The highest BCUT2D eigenvalue weighted by Crippen LogP contribution is 2.22. The molecule has 124 valence electrons. The summed E-state index contributed by atoms with van der Waals surface area (Å²) in [6.07, 6.45) is 0. The second kappa shape index (κ2) is 7.17. The molecule has 2 aromatic carbocycles. The Bertz CT molecular complexity index is 794. The molecule has 0 aliphatic rings. The Morgan fingerprint density at radius 2 is 1.83 bits per heavy atom. The molecule has 0 unspecified atom stereocenters. The van der Waals surface area contributed by atoms with Gasteiger partial charge in [0.05, 0.1) is 7.11 Å². The van der Waals surface area contributed by atoms with E-state index in [2.05, 4.69) is 36.1 Å². The van der Waals surface area contributed by atoms with Crippen LogP contribution in [0.2, 0.25) is 0 Å². The van der Waals surface area contributed by atoms with Crippen LogP contribution in [0.5, 0.6) is 11.5 Å². The predicted octanol–water partition coefficient (Wildman–Crippen LogP) is 4.45. The monoisotopic (exact) mass is 324 g/mol. The Balaban J connectivity index is 1.65. The average molecular weight is 324 g/mol. The third-order valence-electron chi connectivity index (χ3n) is 3.71. The van der Waals surface area contributed by atoms with Crippen LogP contribution in [0, 0.1) is 0 Å². The fourth-order valence-electron chi connectivity index (χ4n) is 2.29. The molecule has 3 rings (SSSR count). The van der Waals surface area contributed by atoms with Gasteiger partial charge in [-0.3, -0.25) is 0 Å². The first-order valence-corrected chi connectivity index (χ1v) is 7.85. The summed E-state index contributed by atoms with van der Waals surface area (Å²) in [4.78, 5) is 4.36. The summed E-state index contributed by atoms with van der Waals surface area (Å²) < 4.78 is 16.2. The first-order valence-electron chi connectivity index (χ1n) is 7.85. The average Bonchev–Trinajstić information content (AvgIpc) is 3.09. The van der Waals surface area contributed by atoms with Crippen molar-refractivity contribution in [3.8, 4) is 22.9 Å². The molecule has 0 aliphatic heterocycles. The number of hydrogen-bond acceptors (Lipinski definition) is 5. The van der Waals surface area contributed by atoms with Gasteiger partial charge in [-0.25, -0.2) is 0 Å². The van der Waals surface area contributed by atoms with Gasteiger partial charge in [-0.15, -0.1) is 0 Å². The molecule has 0 amide bonds. The zero-order chi connectivity index (χ0) is 16.9. The molecule has 0 saturated carbocycles. The van der Waals surface area contributed by atoms with Crippen LogP contribution >= 0.6 is 0 Å². The van der Waals surface area contributed by atoms with E-state index < -0.39 is 0 Å². The molecule has 0 N–H and O–H groups in total. The smallest absolute Gasteiger partial charge is 0.264 e. The van der Waals surface area contributed by atoms with Crippen molar-refractivity contribution in [1.29, 1.82) is 0 Å². The van der Waals surface area contributed by atoms with Gasteiger partial charge in [-0.1, -0.05) is 43.3 Å². The Morgan fingerprint density at radius 1 is 1.04 bits per heavy atom. The van der Waals surface area contributed by atoms with Gasteiger partial charge in [0.2, 0.25) is 5.82 Å². The highest BCUT2D eigenvalue weighted by Gasteiger charge is 2.10. The maximum absolute atomic E-state index is 5.70. The molecule has 24 heavy (non-hydrogen) atoms. The summed E-state index contributed by atoms with van der Waals surface area (Å²) in [5, 5.41) is 3.99. The van der Waals surface area contributed by atoms with Crippen molar-refractivity contribution in [1.82, 2.24) is 10.1 Å². The van der Waals surface area contributed by atoms with Crippen LogP contribution in [0.3, 0.4) is 0 Å². The first-order chi connectivity index (χ1) is 11.7. The van der Waals surface area contributed by atoms with Gasteiger partial charge in [-0.05, 0) is 35.7 Å². The Kier molecular flexibility index (Phi) is 4.79. The lowest BCUT2D eigenvalue weighted by Gasteiger charge is -2.07. The number of hydrogen-bond donors (Lipinski definition) is 0. The maximum Gasteiger partial charge on any atom is 0.264 e. The molecule has 1 heterocycles. The Labute approximate surface area is 141 Å². The van der Waals surface area contributed by atoms with Crippen molar-refractivity contribution in [3.63, 3.8) is 0 Å². The summed E-state index contributed by atoms with van der Waals surface area (Å²) in [6, 6.07) is 15.6. The van der Waals surface area contributed by atoms with Crippen LogP contribution in [0.15, 0.2) is 53.1 Å². The quantitative estimate of drug-likeness (QED) is 0.670. The zero-order valence-corrected chi connectivity index (χ0v) is 14.0. The van der Waals surface area contributed by atoms with Crippen molar-refractivity contribution >= 4 is 0 Å². The van der Waals surface area contributed by atoms with Crippen molar-refractivity contribution in [3.05, 3.63) is 60.0 Å². The van der Waals surface area contributed by atoms with Gasteiger partial charge >= 0.3 is 0 Å². The van der Waals surface area contributed by atoms with E-state index in [0.29, 0.717) is 17.6 Å². The van der Waals surface area contributed by atoms with Gasteiger partial charge in [0.15, 0.2) is 6.61 Å². The SMILES string of the molecule is COc1cccc(-c2noc(COc3ccc(C(C)C)cc3)n2)c1. The molecule has 0 spiro atoms. The van der Waals surface area contributed by atoms with E-state index in [1.54, 1.807) is 7.11 Å². The lowest BCUT2D eigenvalue weighted by atomic mass is 10.0. The van der Waals surface area contributed by atoms with Crippen LogP contribution in [0.25, 0.3) is 11.4 Å². The normalized spacial score (nSPS) is 10.8. The second-order valence-electron chi connectivity index (χ2n) is 5.76. The lowest BCUT2D eigenvalue weighted by molar-refractivity contribution is 0.243. The lowest BCUT2D eigenvalue weighted by Crippen LogP contribution is -1.96. The topological polar surface area (TPSA) is 57.4 Å². The fourth-order valence-corrected chi connectivity index (χ4v) is 2.29. The summed E-state index contributed by atoms with van der Waals surface area (Å²) in [6.45, 7) is 4.56. The van der Waals surface area contributed by atoms with Crippen molar-refractivity contribution < 1.29 is 14.0 Å². The second-order valence-corrected chi connectivity index (χ2v) is 5.76. The molecule has 5 nitrogen and oxygen atoms in total. The summed E-state index contributed by atoms with van der Waals surface area (Å²) in [5.74, 6) is 2.98. The highest BCUT2D eigenvalue weighted by molar-refractivity contribution is 5.56. The third kappa shape index (κ3) is 3.74. The van der Waals surface area contributed by atoms with E-state index >= 15 is 0 Å². The largest absolute Gasteiger partial charge is 0.497 e. The van der Waals surface area contributed by atoms with Crippen LogP contribution in [0.4, 0.5) is 0 Å². The van der Waals surface area contributed by atoms with Crippen LogP contribution < -0.4 is 9.47 Å². The van der Waals surface area contributed by atoms with E-state index in [9.17, 15) is 0 Å². The molecule has 0 bridgehead atoms. The molecule has 1 aromatic heterocycles. The van der Waals surface area contributed by atoms with E-state index in [1.165, 1.54) is 5.56 Å². The predicted molar refractivity (Wildman–Crippen MR) is 91.1 cm³/mol. The van der Waals surface area contributed by atoms with Gasteiger partial charge in [-0.2, -0.15) is 4.98 Å². The maximum atomic E-state index is 5.70. The first kappa shape index (κ1) is 16.1. The molecule has 0 aliphatic carbocycles. The number of ether oxygens (including phenoxy) is 2. The molecule has 5 heteroatoms. The van der Waals surface area contributed by atoms with Crippen LogP contribution in [-0.2, 0) is 6.61 Å². The Morgan fingerprint density at radius 3 is 2.54 bits per heavy atom. The van der Waals surface area contributed by atoms with Crippen molar-refractivity contribution in [2.75, 3.05) is 7.11 Å². The minimum atomic E-state index is 0.234. The molecule has 0 radical (unpaired) electrons. The van der Waals surface area contributed by atoms with Crippen molar-refractivity contribution in [2.45, 2.75) is 26.4 Å². The van der Waals surface area contributed by atoms with E-state index in [4.69, 9.17) is 14.0 Å². The number of benzene rings is 2. The third-order valence-corrected chi connectivity index (χ3v) is 3.71. The van der Waals surface area contributed by atoms with Gasteiger partial charge in [0.1, 0.15) is 11.5 Å². The van der Waals surface area contributed by atoms with Crippen LogP contribution in [0.1, 0.15) is 31.2 Å². The molecule has 0 atom stereocenters. The van der Waals surface area contributed by atoms with Crippen molar-refractivity contribution in [2.24, 2.45) is 0 Å². The summed E-state index contributed by atoms with van der Waals surface area (Å²) in [7, 11) is 1.62. The molecule has 0 fully saturated rings. The number of aromatic nitrogens is 2. The minimum Gasteiger partial charge on any atom is -0.497 e. The van der Waals surface area contributed by atoms with E-state index in [1.807, 2.05) is 36.4 Å². The van der Waals surface area contributed by atoms with E-state index in [-0.39, 0.29) is 6.61 Å². The minimum absolute atomic E-state index is 0.234. The fraction of sp³-hybridized carbons (Fsp3) is 0.263. The molecular formula is C19H20N2O3. The number of rotatable bonds is 6. The van der Waals surface area contributed by atoms with Crippen LogP contribution in [-0.4, -0.2) is 17.3 Å². The highest BCUT2D eigenvalue weighted by atomic mass is 16.5. The Hall–Kier alpha value is -2.82. The van der Waals surface area contributed by atoms with Gasteiger partial charge in [0.25, 0.3) is 5.89 Å². The van der Waals surface area contributed by atoms with E-state index in [0.717, 1.165) is 17.1 Å². The molecule has 0 saturated heterocycles. The van der Waals surface area contributed by atoms with Gasteiger partial charge < -0.3 is 14.0 Å².